The number of nitro groups is 1. The number of hydrogen-bond acceptors (Lipinski definition) is 4. The summed E-state index contributed by atoms with van der Waals surface area (Å²) in [6, 6.07) is 16.6. The Hall–Kier alpha value is -2.34. The molecular formula is C22H21Cl2N3O2. The van der Waals surface area contributed by atoms with Gasteiger partial charge in [0.1, 0.15) is 0 Å². The molecule has 0 aromatic heterocycles. The van der Waals surface area contributed by atoms with Crippen molar-refractivity contribution >= 4 is 45.3 Å². The van der Waals surface area contributed by atoms with Crippen LogP contribution in [0.25, 0.3) is 10.8 Å². The molecule has 4 rings (SSSR count). The highest BCUT2D eigenvalue weighted by Gasteiger charge is 2.24. The molecule has 0 radical (unpaired) electrons. The van der Waals surface area contributed by atoms with Gasteiger partial charge >= 0.3 is 0 Å². The van der Waals surface area contributed by atoms with Crippen LogP contribution in [0, 0.1) is 10.1 Å². The van der Waals surface area contributed by atoms with E-state index in [1.54, 1.807) is 6.07 Å². The maximum absolute atomic E-state index is 11.4. The largest absolute Gasteiger partial charge is 0.305 e. The van der Waals surface area contributed by atoms with Crippen LogP contribution in [0.5, 0.6) is 0 Å². The van der Waals surface area contributed by atoms with E-state index in [9.17, 15) is 10.1 Å². The van der Waals surface area contributed by atoms with Gasteiger partial charge in [0.2, 0.25) is 0 Å². The molecule has 5 nitrogen and oxygen atoms in total. The van der Waals surface area contributed by atoms with Crippen LogP contribution < -0.4 is 5.01 Å². The van der Waals surface area contributed by atoms with E-state index in [-0.39, 0.29) is 10.6 Å². The van der Waals surface area contributed by atoms with Crippen molar-refractivity contribution < 1.29 is 4.92 Å². The van der Waals surface area contributed by atoms with Crippen molar-refractivity contribution in [2.45, 2.75) is 19.3 Å². The highest BCUT2D eigenvalue weighted by molar-refractivity contribution is 6.36. The van der Waals surface area contributed by atoms with Gasteiger partial charge in [-0.25, -0.2) is 5.01 Å². The number of nitrogens with zero attached hydrogens (tertiary/aromatic N) is 3. The Morgan fingerprint density at radius 2 is 1.59 bits per heavy atom. The van der Waals surface area contributed by atoms with E-state index in [2.05, 4.69) is 10.0 Å². The monoisotopic (exact) mass is 429 g/mol. The first-order valence-electron chi connectivity index (χ1n) is 9.67. The number of benzene rings is 3. The zero-order chi connectivity index (χ0) is 20.4. The summed E-state index contributed by atoms with van der Waals surface area (Å²) in [5.74, 6) is 0. The van der Waals surface area contributed by atoms with E-state index < -0.39 is 0 Å². The van der Waals surface area contributed by atoms with Crippen LogP contribution in [0.3, 0.4) is 0 Å². The second-order valence-corrected chi connectivity index (χ2v) is 7.96. The fourth-order valence-electron chi connectivity index (χ4n) is 3.99. The number of nitro benzene ring substituents is 1. The van der Waals surface area contributed by atoms with Gasteiger partial charge < -0.3 is 5.01 Å². The Morgan fingerprint density at radius 1 is 0.897 bits per heavy atom. The van der Waals surface area contributed by atoms with Crippen molar-refractivity contribution in [3.8, 4) is 0 Å². The molecule has 1 saturated heterocycles. The lowest BCUT2D eigenvalue weighted by atomic mass is 10.1. The number of hydrogen-bond donors (Lipinski definition) is 0. The first kappa shape index (κ1) is 20.0. The molecule has 0 bridgehead atoms. The van der Waals surface area contributed by atoms with Crippen molar-refractivity contribution in [2.75, 3.05) is 24.6 Å². The lowest BCUT2D eigenvalue weighted by Crippen LogP contribution is -2.48. The molecule has 0 amide bonds. The summed E-state index contributed by atoms with van der Waals surface area (Å²) >= 11 is 12.7. The minimum absolute atomic E-state index is 0.135. The highest BCUT2D eigenvalue weighted by Crippen LogP contribution is 2.35. The van der Waals surface area contributed by atoms with Gasteiger partial charge in [-0.3, -0.25) is 10.1 Å². The number of halogens is 2. The van der Waals surface area contributed by atoms with Crippen LogP contribution in [0.15, 0.2) is 54.6 Å². The molecular weight excluding hydrogens is 409 g/mol. The fourth-order valence-corrected chi connectivity index (χ4v) is 4.57. The highest BCUT2D eigenvalue weighted by atomic mass is 35.5. The number of hydrazine groups is 1. The Morgan fingerprint density at radius 3 is 2.31 bits per heavy atom. The quantitative estimate of drug-likeness (QED) is 0.362. The Balaban J connectivity index is 1.66. The molecule has 1 aliphatic rings. The normalized spacial score (nSPS) is 15.0. The smallest absolute Gasteiger partial charge is 0.277 e. The maximum atomic E-state index is 11.4. The standard InChI is InChI=1S/C22H21Cl2N3O2/c23-19-8-5-9-20(24)18(19)12-15-25-13-3-4-14-26(25)21-10-11-22(27(28)29)17-7-2-1-6-16(17)21/h1-2,5-11H,3-4,12-15H2. The summed E-state index contributed by atoms with van der Waals surface area (Å²) < 4.78 is 0. The molecule has 0 saturated carbocycles. The van der Waals surface area contributed by atoms with E-state index in [1.807, 2.05) is 48.5 Å². The van der Waals surface area contributed by atoms with Crippen LogP contribution in [0.2, 0.25) is 10.0 Å². The van der Waals surface area contributed by atoms with Crippen LogP contribution in [0.4, 0.5) is 11.4 Å². The minimum atomic E-state index is -0.320. The van der Waals surface area contributed by atoms with E-state index in [0.29, 0.717) is 15.4 Å². The molecule has 1 aliphatic heterocycles. The zero-order valence-corrected chi connectivity index (χ0v) is 17.4. The Kier molecular flexibility index (Phi) is 5.90. The SMILES string of the molecule is O=[N+]([O-])c1ccc(N2CCCCN2CCc2c(Cl)cccc2Cl)c2ccccc12. The first-order chi connectivity index (χ1) is 14.1. The molecule has 0 atom stereocenters. The summed E-state index contributed by atoms with van der Waals surface area (Å²) in [6.07, 6.45) is 2.92. The Bertz CT molecular complexity index is 1040. The van der Waals surface area contributed by atoms with E-state index in [0.717, 1.165) is 55.5 Å². The molecule has 0 spiro atoms. The average molecular weight is 430 g/mol. The zero-order valence-electron chi connectivity index (χ0n) is 15.9. The van der Waals surface area contributed by atoms with E-state index in [4.69, 9.17) is 23.2 Å². The number of non-ortho nitro benzene ring substituents is 1. The van der Waals surface area contributed by atoms with Gasteiger partial charge in [-0.1, -0.05) is 47.5 Å². The molecule has 0 N–H and O–H groups in total. The van der Waals surface area contributed by atoms with Crippen molar-refractivity contribution in [1.29, 1.82) is 0 Å². The molecule has 29 heavy (non-hydrogen) atoms. The van der Waals surface area contributed by atoms with Crippen molar-refractivity contribution in [1.82, 2.24) is 5.01 Å². The molecule has 7 heteroatoms. The van der Waals surface area contributed by atoms with Gasteiger partial charge in [0.15, 0.2) is 0 Å². The van der Waals surface area contributed by atoms with Crippen molar-refractivity contribution in [3.05, 3.63) is 80.3 Å². The van der Waals surface area contributed by atoms with Gasteiger partial charge in [-0.05, 0) is 49.1 Å². The third kappa shape index (κ3) is 4.04. The molecule has 1 fully saturated rings. The molecule has 0 aliphatic carbocycles. The predicted octanol–water partition coefficient (Wildman–Crippen LogP) is 6.11. The summed E-state index contributed by atoms with van der Waals surface area (Å²) in [5.41, 5.74) is 2.09. The second-order valence-electron chi connectivity index (χ2n) is 7.14. The van der Waals surface area contributed by atoms with Crippen LogP contribution >= 0.6 is 23.2 Å². The second kappa shape index (κ2) is 8.57. The van der Waals surface area contributed by atoms with Gasteiger partial charge in [-0.2, -0.15) is 0 Å². The lowest BCUT2D eigenvalue weighted by molar-refractivity contribution is -0.383. The minimum Gasteiger partial charge on any atom is -0.305 e. The number of fused-ring (bicyclic) bond motifs is 1. The topological polar surface area (TPSA) is 49.6 Å². The molecule has 0 unspecified atom stereocenters. The van der Waals surface area contributed by atoms with Crippen LogP contribution in [0.1, 0.15) is 18.4 Å². The van der Waals surface area contributed by atoms with Crippen LogP contribution in [-0.2, 0) is 6.42 Å². The Labute approximate surface area is 179 Å². The fraction of sp³-hybridized carbons (Fsp3) is 0.273. The first-order valence-corrected chi connectivity index (χ1v) is 10.4. The maximum Gasteiger partial charge on any atom is 0.277 e. The molecule has 1 heterocycles. The average Bonchev–Trinajstić information content (AvgIpc) is 2.73. The van der Waals surface area contributed by atoms with Crippen molar-refractivity contribution in [2.24, 2.45) is 0 Å². The van der Waals surface area contributed by atoms with Gasteiger partial charge in [0.05, 0.1) is 16.0 Å². The summed E-state index contributed by atoms with van der Waals surface area (Å²) in [4.78, 5) is 11.1. The summed E-state index contributed by atoms with van der Waals surface area (Å²) in [7, 11) is 0. The van der Waals surface area contributed by atoms with Gasteiger partial charge in [0.25, 0.3) is 5.69 Å². The molecule has 3 aromatic carbocycles. The number of anilines is 1. The van der Waals surface area contributed by atoms with Crippen molar-refractivity contribution in [3.63, 3.8) is 0 Å². The molecule has 3 aromatic rings. The third-order valence-corrected chi connectivity index (χ3v) is 6.12. The number of rotatable bonds is 5. The summed E-state index contributed by atoms with van der Waals surface area (Å²) in [5, 5.41) is 18.9. The molecule has 150 valence electrons. The van der Waals surface area contributed by atoms with Crippen LogP contribution in [-0.4, -0.2) is 29.6 Å². The predicted molar refractivity (Wildman–Crippen MR) is 119 cm³/mol. The van der Waals surface area contributed by atoms with Gasteiger partial charge in [0, 0.05) is 41.1 Å². The third-order valence-electron chi connectivity index (χ3n) is 5.41. The summed E-state index contributed by atoms with van der Waals surface area (Å²) in [6.45, 7) is 2.57. The van der Waals surface area contributed by atoms with E-state index >= 15 is 0 Å². The van der Waals surface area contributed by atoms with E-state index in [1.165, 1.54) is 0 Å². The lowest BCUT2D eigenvalue weighted by Gasteiger charge is -2.41. The van der Waals surface area contributed by atoms with Gasteiger partial charge in [-0.15, -0.1) is 0 Å².